The summed E-state index contributed by atoms with van der Waals surface area (Å²) in [5, 5.41) is 2.94. The molecule has 0 bridgehead atoms. The van der Waals surface area contributed by atoms with Crippen molar-refractivity contribution in [2.45, 2.75) is 0 Å². The molecule has 7 heteroatoms. The van der Waals surface area contributed by atoms with Crippen molar-refractivity contribution in [1.82, 2.24) is 9.97 Å². The minimum atomic E-state index is -0.965. The van der Waals surface area contributed by atoms with Gasteiger partial charge in [-0.1, -0.05) is 11.6 Å². The van der Waals surface area contributed by atoms with Crippen molar-refractivity contribution in [1.29, 1.82) is 0 Å². The third kappa shape index (κ3) is 2.59. The molecule has 0 atom stereocenters. The zero-order valence-corrected chi connectivity index (χ0v) is 9.17. The number of nitrogen functional groups attached to an aromatic ring is 1. The first-order chi connectivity index (χ1) is 8.06. The Kier molecular flexibility index (Phi) is 3.06. The molecule has 4 nitrogen and oxygen atoms in total. The third-order valence-corrected chi connectivity index (χ3v) is 2.22. The van der Waals surface area contributed by atoms with Crippen LogP contribution < -0.4 is 11.1 Å². The summed E-state index contributed by atoms with van der Waals surface area (Å²) in [4.78, 5) is 7.50. The highest BCUT2D eigenvalue weighted by molar-refractivity contribution is 6.32. The van der Waals surface area contributed by atoms with Crippen LogP contribution in [-0.4, -0.2) is 9.97 Å². The maximum atomic E-state index is 13.0. The number of nitrogens with two attached hydrogens (primary N) is 1. The average molecular weight is 257 g/mol. The van der Waals surface area contributed by atoms with Crippen molar-refractivity contribution in [3.05, 3.63) is 41.1 Å². The zero-order valence-electron chi connectivity index (χ0n) is 8.42. The first-order valence-electron chi connectivity index (χ1n) is 4.56. The van der Waals surface area contributed by atoms with E-state index in [9.17, 15) is 8.78 Å². The zero-order chi connectivity index (χ0) is 12.4. The van der Waals surface area contributed by atoms with E-state index in [1.807, 2.05) is 0 Å². The highest BCUT2D eigenvalue weighted by Crippen LogP contribution is 2.23. The number of benzene rings is 1. The number of hydrogen-bond donors (Lipinski definition) is 2. The van der Waals surface area contributed by atoms with Crippen LogP contribution in [0.5, 0.6) is 0 Å². The van der Waals surface area contributed by atoms with E-state index in [1.165, 1.54) is 12.3 Å². The summed E-state index contributed by atoms with van der Waals surface area (Å²) in [5.74, 6) is -1.64. The van der Waals surface area contributed by atoms with Gasteiger partial charge < -0.3 is 11.1 Å². The molecule has 17 heavy (non-hydrogen) atoms. The SMILES string of the molecule is Nc1ncc(Cl)c(Nc2ccc(F)c(F)c2)n1. The number of rotatable bonds is 2. The van der Waals surface area contributed by atoms with Gasteiger partial charge in [0.15, 0.2) is 17.5 Å². The summed E-state index contributed by atoms with van der Waals surface area (Å²) in [6.45, 7) is 0. The fourth-order valence-electron chi connectivity index (χ4n) is 1.18. The Morgan fingerprint density at radius 2 is 2.00 bits per heavy atom. The molecule has 2 rings (SSSR count). The third-order valence-electron chi connectivity index (χ3n) is 1.95. The molecule has 0 saturated heterocycles. The summed E-state index contributed by atoms with van der Waals surface area (Å²) < 4.78 is 25.7. The minimum absolute atomic E-state index is 0.0273. The van der Waals surface area contributed by atoms with Crippen molar-refractivity contribution in [2.24, 2.45) is 0 Å². The molecule has 88 valence electrons. The lowest BCUT2D eigenvalue weighted by atomic mass is 10.3. The molecular weight excluding hydrogens is 250 g/mol. The van der Waals surface area contributed by atoms with Crippen molar-refractivity contribution in [3.8, 4) is 0 Å². The van der Waals surface area contributed by atoms with E-state index in [-0.39, 0.29) is 16.8 Å². The Hall–Kier alpha value is -1.95. The molecule has 0 aliphatic carbocycles. The molecule has 0 saturated carbocycles. The molecule has 0 aliphatic heterocycles. The van der Waals surface area contributed by atoms with Crippen LogP contribution in [0.3, 0.4) is 0 Å². The Bertz CT molecular complexity index is 562. The summed E-state index contributed by atoms with van der Waals surface area (Å²) in [5.41, 5.74) is 5.69. The Morgan fingerprint density at radius 3 is 2.71 bits per heavy atom. The van der Waals surface area contributed by atoms with Crippen LogP contribution in [0.1, 0.15) is 0 Å². The summed E-state index contributed by atoms with van der Waals surface area (Å²) in [6, 6.07) is 3.34. The van der Waals surface area contributed by atoms with Crippen LogP contribution in [0.25, 0.3) is 0 Å². The first-order valence-corrected chi connectivity index (χ1v) is 4.94. The van der Waals surface area contributed by atoms with Gasteiger partial charge in [0, 0.05) is 11.8 Å². The molecule has 0 amide bonds. The van der Waals surface area contributed by atoms with Gasteiger partial charge in [-0.25, -0.2) is 13.8 Å². The molecule has 3 N–H and O–H groups in total. The van der Waals surface area contributed by atoms with Crippen molar-refractivity contribution in [3.63, 3.8) is 0 Å². The number of aromatic nitrogens is 2. The summed E-state index contributed by atoms with van der Waals surface area (Å²) in [7, 11) is 0. The van der Waals surface area contributed by atoms with Gasteiger partial charge in [0.05, 0.1) is 6.20 Å². The first kappa shape index (κ1) is 11.5. The molecule has 2 aromatic rings. The molecular formula is C10H7ClF2N4. The Balaban J connectivity index is 2.31. The van der Waals surface area contributed by atoms with Gasteiger partial charge in [0.2, 0.25) is 5.95 Å². The van der Waals surface area contributed by atoms with Gasteiger partial charge in [-0.15, -0.1) is 0 Å². The van der Waals surface area contributed by atoms with Crippen LogP contribution in [0.4, 0.5) is 26.2 Å². The topological polar surface area (TPSA) is 63.8 Å². The second kappa shape index (κ2) is 4.50. The lowest BCUT2D eigenvalue weighted by Gasteiger charge is -2.07. The number of nitrogens with zero attached hydrogens (tertiary/aromatic N) is 2. The van der Waals surface area contributed by atoms with E-state index in [4.69, 9.17) is 17.3 Å². The monoisotopic (exact) mass is 256 g/mol. The van der Waals surface area contributed by atoms with Crippen LogP contribution in [0.2, 0.25) is 5.02 Å². The maximum Gasteiger partial charge on any atom is 0.222 e. The van der Waals surface area contributed by atoms with E-state index < -0.39 is 11.6 Å². The minimum Gasteiger partial charge on any atom is -0.368 e. The van der Waals surface area contributed by atoms with Crippen LogP contribution in [0.15, 0.2) is 24.4 Å². The second-order valence-corrected chi connectivity index (χ2v) is 3.59. The van der Waals surface area contributed by atoms with Crippen LogP contribution in [-0.2, 0) is 0 Å². The number of halogens is 3. The smallest absolute Gasteiger partial charge is 0.222 e. The fourth-order valence-corrected chi connectivity index (χ4v) is 1.32. The standard InChI is InChI=1S/C10H7ClF2N4/c11-6-4-15-10(14)17-9(6)16-5-1-2-7(12)8(13)3-5/h1-4H,(H3,14,15,16,17). The maximum absolute atomic E-state index is 13.0. The van der Waals surface area contributed by atoms with Gasteiger partial charge in [0.25, 0.3) is 0 Å². The quantitative estimate of drug-likeness (QED) is 0.867. The molecule has 0 fully saturated rings. The molecule has 0 spiro atoms. The number of anilines is 3. The van der Waals surface area contributed by atoms with Crippen molar-refractivity contribution in [2.75, 3.05) is 11.1 Å². The van der Waals surface area contributed by atoms with Gasteiger partial charge in [-0.2, -0.15) is 4.98 Å². The molecule has 0 radical (unpaired) electrons. The van der Waals surface area contributed by atoms with Crippen molar-refractivity contribution >= 4 is 29.1 Å². The second-order valence-electron chi connectivity index (χ2n) is 3.18. The van der Waals surface area contributed by atoms with E-state index >= 15 is 0 Å². The van der Waals surface area contributed by atoms with Gasteiger partial charge in [-0.3, -0.25) is 0 Å². The molecule has 0 aliphatic rings. The largest absolute Gasteiger partial charge is 0.368 e. The van der Waals surface area contributed by atoms with Crippen LogP contribution in [0, 0.1) is 11.6 Å². The lowest BCUT2D eigenvalue weighted by Crippen LogP contribution is -2.00. The summed E-state index contributed by atoms with van der Waals surface area (Å²) >= 11 is 5.81. The number of nitrogens with one attached hydrogen (secondary N) is 1. The van der Waals surface area contributed by atoms with E-state index in [0.717, 1.165) is 12.1 Å². The molecule has 1 heterocycles. The Labute approximate surface area is 100 Å². The summed E-state index contributed by atoms with van der Waals surface area (Å²) in [6.07, 6.45) is 1.31. The highest BCUT2D eigenvalue weighted by atomic mass is 35.5. The molecule has 1 aromatic heterocycles. The van der Waals surface area contributed by atoms with E-state index in [1.54, 1.807) is 0 Å². The molecule has 1 aromatic carbocycles. The van der Waals surface area contributed by atoms with Gasteiger partial charge >= 0.3 is 0 Å². The Morgan fingerprint density at radius 1 is 1.24 bits per heavy atom. The predicted octanol–water partition coefficient (Wildman–Crippen LogP) is 2.73. The van der Waals surface area contributed by atoms with Gasteiger partial charge in [-0.05, 0) is 12.1 Å². The normalized spacial score (nSPS) is 10.3. The lowest BCUT2D eigenvalue weighted by molar-refractivity contribution is 0.509. The van der Waals surface area contributed by atoms with Gasteiger partial charge in [0.1, 0.15) is 5.02 Å². The molecule has 0 unspecified atom stereocenters. The average Bonchev–Trinajstić information content (AvgIpc) is 2.29. The highest BCUT2D eigenvalue weighted by Gasteiger charge is 2.06. The van der Waals surface area contributed by atoms with Crippen molar-refractivity contribution < 1.29 is 8.78 Å². The van der Waals surface area contributed by atoms with E-state index in [2.05, 4.69) is 15.3 Å². The predicted molar refractivity (Wildman–Crippen MR) is 61.1 cm³/mol. The van der Waals surface area contributed by atoms with Crippen LogP contribution >= 0.6 is 11.6 Å². The fraction of sp³-hybridized carbons (Fsp3) is 0. The van der Waals surface area contributed by atoms with E-state index in [0.29, 0.717) is 5.69 Å². The number of hydrogen-bond acceptors (Lipinski definition) is 4.